The van der Waals surface area contributed by atoms with E-state index in [1.165, 1.54) is 11.7 Å². The Morgan fingerprint density at radius 1 is 1.25 bits per heavy atom. The molecule has 2 rings (SSSR count). The number of nitrogens with two attached hydrogens (primary N) is 1. The minimum absolute atomic E-state index is 0. The molecule has 0 radical (unpaired) electrons. The van der Waals surface area contributed by atoms with Crippen molar-refractivity contribution in [2.75, 3.05) is 0 Å². The topological polar surface area (TPSA) is 51.8 Å². The third-order valence-corrected chi connectivity index (χ3v) is 2.11. The number of rotatable bonds is 1. The highest BCUT2D eigenvalue weighted by atomic mass is 35.5. The molecule has 0 amide bonds. The molecule has 2 N–H and O–H groups in total. The quantitative estimate of drug-likeness (QED) is 0.762. The van der Waals surface area contributed by atoms with Gasteiger partial charge in [-0.1, -0.05) is 6.07 Å². The van der Waals surface area contributed by atoms with Gasteiger partial charge in [0.2, 0.25) is 0 Å². The van der Waals surface area contributed by atoms with Gasteiger partial charge in [-0.25, -0.2) is 0 Å². The maximum Gasteiger partial charge on any atom is 0.105 e. The van der Waals surface area contributed by atoms with Gasteiger partial charge in [-0.15, -0.1) is 12.4 Å². The molecule has 0 aliphatic rings. The van der Waals surface area contributed by atoms with Crippen LogP contribution in [0.25, 0.3) is 11.0 Å². The Bertz CT molecular complexity index is 373. The first kappa shape index (κ1) is 9.38. The zero-order valence-electron chi connectivity index (χ0n) is 6.23. The van der Waals surface area contributed by atoms with Crippen LogP contribution in [0.15, 0.2) is 18.2 Å². The molecule has 0 spiro atoms. The summed E-state index contributed by atoms with van der Waals surface area (Å²) in [7, 11) is 0. The average Bonchev–Trinajstić information content (AvgIpc) is 2.50. The standard InChI is InChI=1S/C7H7N3S.ClH/c8-4-5-1-2-6-7(3-5)10-11-9-6;/h1-3H,4,8H2;1H. The molecular weight excluding hydrogens is 194 g/mol. The lowest BCUT2D eigenvalue weighted by Crippen LogP contribution is -1.94. The summed E-state index contributed by atoms with van der Waals surface area (Å²) >= 11 is 1.23. The Morgan fingerprint density at radius 3 is 2.75 bits per heavy atom. The van der Waals surface area contributed by atoms with E-state index in [4.69, 9.17) is 5.73 Å². The van der Waals surface area contributed by atoms with Crippen molar-refractivity contribution in [3.8, 4) is 0 Å². The molecule has 12 heavy (non-hydrogen) atoms. The van der Waals surface area contributed by atoms with Crippen LogP contribution in [-0.4, -0.2) is 8.75 Å². The molecule has 1 heterocycles. The van der Waals surface area contributed by atoms with Gasteiger partial charge >= 0.3 is 0 Å². The van der Waals surface area contributed by atoms with Crippen LogP contribution in [0.3, 0.4) is 0 Å². The van der Waals surface area contributed by atoms with Crippen LogP contribution in [0.4, 0.5) is 0 Å². The zero-order chi connectivity index (χ0) is 7.68. The van der Waals surface area contributed by atoms with E-state index in [0.29, 0.717) is 6.54 Å². The number of benzene rings is 1. The number of fused-ring (bicyclic) bond motifs is 1. The number of nitrogens with zero attached hydrogens (tertiary/aromatic N) is 2. The van der Waals surface area contributed by atoms with Crippen molar-refractivity contribution >= 4 is 35.2 Å². The summed E-state index contributed by atoms with van der Waals surface area (Å²) in [6.07, 6.45) is 0. The van der Waals surface area contributed by atoms with Gasteiger partial charge in [0.1, 0.15) is 11.0 Å². The third kappa shape index (κ3) is 1.55. The Morgan fingerprint density at radius 2 is 2.00 bits per heavy atom. The normalized spacial score (nSPS) is 9.75. The molecule has 64 valence electrons. The molecule has 2 aromatic rings. The van der Waals surface area contributed by atoms with Crippen molar-refractivity contribution in [2.24, 2.45) is 5.73 Å². The largest absolute Gasteiger partial charge is 0.326 e. The van der Waals surface area contributed by atoms with Crippen LogP contribution in [0, 0.1) is 0 Å². The smallest absolute Gasteiger partial charge is 0.105 e. The third-order valence-electron chi connectivity index (χ3n) is 1.55. The second-order valence-electron chi connectivity index (χ2n) is 2.29. The zero-order valence-corrected chi connectivity index (χ0v) is 7.86. The second-order valence-corrected chi connectivity index (χ2v) is 2.82. The van der Waals surface area contributed by atoms with E-state index in [1.807, 2.05) is 18.2 Å². The van der Waals surface area contributed by atoms with E-state index < -0.39 is 0 Å². The van der Waals surface area contributed by atoms with E-state index in [0.717, 1.165) is 16.6 Å². The molecular formula is C7H8ClN3S. The van der Waals surface area contributed by atoms with Crippen molar-refractivity contribution < 1.29 is 0 Å². The van der Waals surface area contributed by atoms with Crippen LogP contribution < -0.4 is 5.73 Å². The fourth-order valence-corrected chi connectivity index (χ4v) is 1.47. The van der Waals surface area contributed by atoms with Crippen LogP contribution >= 0.6 is 24.1 Å². The predicted molar refractivity (Wildman–Crippen MR) is 52.6 cm³/mol. The number of halogens is 1. The van der Waals surface area contributed by atoms with Crippen LogP contribution in [0.5, 0.6) is 0 Å². The summed E-state index contributed by atoms with van der Waals surface area (Å²) in [6.45, 7) is 0.563. The molecule has 0 unspecified atom stereocenters. The average molecular weight is 202 g/mol. The molecule has 0 atom stereocenters. The molecule has 3 nitrogen and oxygen atoms in total. The first-order chi connectivity index (χ1) is 5.40. The fourth-order valence-electron chi connectivity index (χ4n) is 0.955. The summed E-state index contributed by atoms with van der Waals surface area (Å²) in [4.78, 5) is 0. The van der Waals surface area contributed by atoms with Gasteiger partial charge in [-0.05, 0) is 17.7 Å². The summed E-state index contributed by atoms with van der Waals surface area (Å²) in [5, 5.41) is 0. The minimum Gasteiger partial charge on any atom is -0.326 e. The number of aromatic nitrogens is 2. The highest BCUT2D eigenvalue weighted by molar-refractivity contribution is 7.00. The summed E-state index contributed by atoms with van der Waals surface area (Å²) in [5.74, 6) is 0. The summed E-state index contributed by atoms with van der Waals surface area (Å²) in [5.41, 5.74) is 8.46. The Labute approximate surface area is 80.3 Å². The molecule has 0 bridgehead atoms. The van der Waals surface area contributed by atoms with Gasteiger partial charge in [-0.2, -0.15) is 8.75 Å². The van der Waals surface area contributed by atoms with Gasteiger partial charge in [0, 0.05) is 6.54 Å². The van der Waals surface area contributed by atoms with Gasteiger partial charge < -0.3 is 5.73 Å². The maximum atomic E-state index is 5.46. The van der Waals surface area contributed by atoms with Crippen molar-refractivity contribution in [3.05, 3.63) is 23.8 Å². The van der Waals surface area contributed by atoms with Gasteiger partial charge in [-0.3, -0.25) is 0 Å². The lowest BCUT2D eigenvalue weighted by atomic mass is 10.2. The molecule has 1 aromatic carbocycles. The second kappa shape index (κ2) is 3.80. The van der Waals surface area contributed by atoms with Crippen molar-refractivity contribution in [1.82, 2.24) is 8.75 Å². The number of hydrogen-bond donors (Lipinski definition) is 1. The molecule has 0 fully saturated rings. The van der Waals surface area contributed by atoms with E-state index in [2.05, 4.69) is 8.75 Å². The van der Waals surface area contributed by atoms with Crippen LogP contribution in [0.2, 0.25) is 0 Å². The summed E-state index contributed by atoms with van der Waals surface area (Å²) < 4.78 is 8.19. The van der Waals surface area contributed by atoms with Crippen LogP contribution in [0.1, 0.15) is 5.56 Å². The predicted octanol–water partition coefficient (Wildman–Crippen LogP) is 1.57. The van der Waals surface area contributed by atoms with Crippen molar-refractivity contribution in [3.63, 3.8) is 0 Å². The van der Waals surface area contributed by atoms with E-state index >= 15 is 0 Å². The highest BCUT2D eigenvalue weighted by Gasteiger charge is 1.97. The van der Waals surface area contributed by atoms with Gasteiger partial charge in [0.25, 0.3) is 0 Å². The Balaban J connectivity index is 0.000000720. The molecule has 0 aliphatic heterocycles. The van der Waals surface area contributed by atoms with Gasteiger partial charge in [0.15, 0.2) is 0 Å². The van der Waals surface area contributed by atoms with Crippen molar-refractivity contribution in [1.29, 1.82) is 0 Å². The fraction of sp³-hybridized carbons (Fsp3) is 0.143. The Kier molecular flexibility index (Phi) is 2.97. The van der Waals surface area contributed by atoms with Crippen LogP contribution in [-0.2, 0) is 6.54 Å². The SMILES string of the molecule is Cl.NCc1ccc2nsnc2c1. The van der Waals surface area contributed by atoms with E-state index in [9.17, 15) is 0 Å². The molecule has 0 saturated heterocycles. The molecule has 1 aromatic heterocycles. The first-order valence-electron chi connectivity index (χ1n) is 3.31. The molecule has 5 heteroatoms. The summed E-state index contributed by atoms with van der Waals surface area (Å²) in [6, 6.07) is 5.89. The monoisotopic (exact) mass is 201 g/mol. The van der Waals surface area contributed by atoms with Gasteiger partial charge in [0.05, 0.1) is 11.7 Å². The highest BCUT2D eigenvalue weighted by Crippen LogP contribution is 2.12. The lowest BCUT2D eigenvalue weighted by Gasteiger charge is -1.92. The Hall–Kier alpha value is -0.710. The molecule has 0 saturated carbocycles. The maximum absolute atomic E-state index is 5.46. The van der Waals surface area contributed by atoms with Crippen molar-refractivity contribution in [2.45, 2.75) is 6.54 Å². The first-order valence-corrected chi connectivity index (χ1v) is 4.04. The van der Waals surface area contributed by atoms with E-state index in [1.54, 1.807) is 0 Å². The number of hydrogen-bond acceptors (Lipinski definition) is 4. The van der Waals surface area contributed by atoms with E-state index in [-0.39, 0.29) is 12.4 Å². The molecule has 0 aliphatic carbocycles. The lowest BCUT2D eigenvalue weighted by molar-refractivity contribution is 1.07. The minimum atomic E-state index is 0.